The average Bonchev–Trinajstić information content (AvgIpc) is 2.73. The maximum Gasteiger partial charge on any atom is 0.415 e. The Hall–Kier alpha value is -2.78. The molecule has 2 rings (SSSR count). The van der Waals surface area contributed by atoms with Gasteiger partial charge >= 0.3 is 16.3 Å². The van der Waals surface area contributed by atoms with Crippen LogP contribution in [-0.2, 0) is 16.6 Å². The molecule has 0 spiro atoms. The second-order valence-corrected chi connectivity index (χ2v) is 8.82. The third-order valence-electron chi connectivity index (χ3n) is 4.97. The van der Waals surface area contributed by atoms with Crippen LogP contribution in [0.3, 0.4) is 0 Å². The number of aryl methyl sites for hydroxylation is 1. The third kappa shape index (κ3) is 5.89. The molecular weight excluding hydrogens is 418 g/mol. The first kappa shape index (κ1) is 24.5. The molecule has 0 bridgehead atoms. The Bertz CT molecular complexity index is 1020. The van der Waals surface area contributed by atoms with Crippen LogP contribution in [0.25, 0.3) is 0 Å². The van der Waals surface area contributed by atoms with Crippen molar-refractivity contribution in [1.82, 2.24) is 9.62 Å². The number of carbonyl (C=O) groups excluding carboxylic acids is 1. The van der Waals surface area contributed by atoms with Crippen molar-refractivity contribution in [3.05, 3.63) is 53.1 Å². The summed E-state index contributed by atoms with van der Waals surface area (Å²) in [6.45, 7) is 8.68. The Labute approximate surface area is 184 Å². The molecule has 1 amide bonds. The highest BCUT2D eigenvalue weighted by Crippen LogP contribution is 2.32. The number of nitrogens with one attached hydrogen (secondary N) is 1. The van der Waals surface area contributed by atoms with Gasteiger partial charge in [0.2, 0.25) is 0 Å². The lowest BCUT2D eigenvalue weighted by Crippen LogP contribution is -2.38. The predicted octanol–water partition coefficient (Wildman–Crippen LogP) is 3.42. The van der Waals surface area contributed by atoms with Crippen LogP contribution in [0, 0.1) is 6.92 Å². The molecule has 2 aromatic rings. The van der Waals surface area contributed by atoms with Crippen molar-refractivity contribution < 1.29 is 23.1 Å². The molecule has 2 N–H and O–H groups in total. The molecular formula is C22H31N3O5S. The maximum atomic E-state index is 12.4. The molecule has 0 aliphatic rings. The van der Waals surface area contributed by atoms with Crippen LogP contribution in [0.1, 0.15) is 37.5 Å². The van der Waals surface area contributed by atoms with Crippen LogP contribution < -0.4 is 13.8 Å². The first-order valence-corrected chi connectivity index (χ1v) is 11.7. The molecule has 0 saturated carbocycles. The number of aromatic hydroxyl groups is 1. The summed E-state index contributed by atoms with van der Waals surface area (Å²) < 4.78 is 33.4. The second-order valence-electron chi connectivity index (χ2n) is 7.03. The number of amides is 1. The zero-order chi connectivity index (χ0) is 23.2. The van der Waals surface area contributed by atoms with Crippen LogP contribution >= 0.6 is 0 Å². The second kappa shape index (κ2) is 10.5. The Balaban J connectivity index is 2.34. The number of hydrogen-bond acceptors (Lipinski definition) is 5. The van der Waals surface area contributed by atoms with E-state index in [4.69, 9.17) is 4.74 Å². The van der Waals surface area contributed by atoms with Crippen molar-refractivity contribution in [3.8, 4) is 11.5 Å². The number of benzene rings is 2. The molecule has 2 aromatic carbocycles. The summed E-state index contributed by atoms with van der Waals surface area (Å²) in [6.07, 6.45) is -0.00876. The van der Waals surface area contributed by atoms with Gasteiger partial charge in [-0.25, -0.2) is 9.52 Å². The van der Waals surface area contributed by atoms with Gasteiger partial charge in [-0.05, 0) is 57.0 Å². The summed E-state index contributed by atoms with van der Waals surface area (Å²) >= 11 is 0. The number of nitrogens with zero attached hydrogens (tertiary/aromatic N) is 2. The Morgan fingerprint density at radius 3 is 2.29 bits per heavy atom. The minimum atomic E-state index is -3.74. The van der Waals surface area contributed by atoms with Gasteiger partial charge in [-0.2, -0.15) is 8.42 Å². The summed E-state index contributed by atoms with van der Waals surface area (Å²) in [5.74, 6) is 0.312. The fourth-order valence-electron chi connectivity index (χ4n) is 3.28. The van der Waals surface area contributed by atoms with Crippen LogP contribution in [0.2, 0.25) is 0 Å². The van der Waals surface area contributed by atoms with E-state index in [2.05, 4.69) is 4.72 Å². The lowest BCUT2D eigenvalue weighted by Gasteiger charge is -2.23. The highest BCUT2D eigenvalue weighted by Gasteiger charge is 2.22. The van der Waals surface area contributed by atoms with E-state index in [0.29, 0.717) is 25.3 Å². The quantitative estimate of drug-likeness (QED) is 0.611. The summed E-state index contributed by atoms with van der Waals surface area (Å²) in [5.41, 5.74) is 2.75. The van der Waals surface area contributed by atoms with Crippen molar-refractivity contribution in [2.75, 3.05) is 31.0 Å². The Kier molecular flexibility index (Phi) is 8.29. The van der Waals surface area contributed by atoms with E-state index < -0.39 is 16.3 Å². The van der Waals surface area contributed by atoms with Gasteiger partial charge in [-0.1, -0.05) is 23.8 Å². The summed E-state index contributed by atoms with van der Waals surface area (Å²) in [7, 11) is -2.41. The highest BCUT2D eigenvalue weighted by molar-refractivity contribution is 7.90. The highest BCUT2D eigenvalue weighted by atomic mass is 32.2. The van der Waals surface area contributed by atoms with Gasteiger partial charge < -0.3 is 14.7 Å². The zero-order valence-corrected chi connectivity index (χ0v) is 19.5. The van der Waals surface area contributed by atoms with Gasteiger partial charge in [-0.3, -0.25) is 4.31 Å². The van der Waals surface area contributed by atoms with Crippen molar-refractivity contribution in [2.24, 2.45) is 0 Å². The van der Waals surface area contributed by atoms with Crippen molar-refractivity contribution in [2.45, 2.75) is 34.1 Å². The van der Waals surface area contributed by atoms with E-state index in [1.807, 2.05) is 32.9 Å². The molecule has 8 nitrogen and oxygen atoms in total. The molecule has 0 aliphatic carbocycles. The number of ether oxygens (including phenoxy) is 1. The van der Waals surface area contributed by atoms with Gasteiger partial charge in [0.15, 0.2) is 0 Å². The minimum Gasteiger partial charge on any atom is -0.506 e. The monoisotopic (exact) mass is 449 g/mol. The summed E-state index contributed by atoms with van der Waals surface area (Å²) in [6, 6.07) is 10.4. The molecule has 0 saturated heterocycles. The van der Waals surface area contributed by atoms with Gasteiger partial charge in [0, 0.05) is 33.1 Å². The lowest BCUT2D eigenvalue weighted by atomic mass is 10.0. The molecule has 0 radical (unpaired) electrons. The largest absolute Gasteiger partial charge is 0.506 e. The zero-order valence-electron chi connectivity index (χ0n) is 18.7. The number of carbonyl (C=O) groups is 1. The normalized spacial score (nSPS) is 11.3. The van der Waals surface area contributed by atoms with Crippen molar-refractivity contribution in [1.29, 1.82) is 0 Å². The first-order valence-electron chi connectivity index (χ1n) is 10.3. The molecule has 0 heterocycles. The van der Waals surface area contributed by atoms with E-state index in [1.165, 1.54) is 13.1 Å². The third-order valence-corrected chi connectivity index (χ3v) is 6.52. The van der Waals surface area contributed by atoms with Crippen LogP contribution in [0.4, 0.5) is 10.5 Å². The topological polar surface area (TPSA) is 99.2 Å². The number of hydrogen-bond donors (Lipinski definition) is 2. The van der Waals surface area contributed by atoms with E-state index in [0.717, 1.165) is 21.0 Å². The van der Waals surface area contributed by atoms with E-state index in [1.54, 1.807) is 30.0 Å². The molecule has 0 aliphatic heterocycles. The average molecular weight is 450 g/mol. The maximum absolute atomic E-state index is 12.4. The van der Waals surface area contributed by atoms with Gasteiger partial charge in [-0.15, -0.1) is 0 Å². The Morgan fingerprint density at radius 2 is 1.74 bits per heavy atom. The molecule has 0 aromatic heterocycles. The fourth-order valence-corrected chi connectivity index (χ4v) is 4.25. The number of rotatable bonds is 9. The van der Waals surface area contributed by atoms with Crippen molar-refractivity contribution in [3.63, 3.8) is 0 Å². The smallest absolute Gasteiger partial charge is 0.415 e. The number of phenolic OH excluding ortho intramolecular Hbond substituents is 1. The van der Waals surface area contributed by atoms with Gasteiger partial charge in [0.05, 0.1) is 5.69 Å². The molecule has 0 fully saturated rings. The SMILES string of the molecule is CCN(CC)C(=O)Oc1ccc(C)cc1Cc1ccc(N(CC)S(=O)(=O)NC)c(O)c1. The summed E-state index contributed by atoms with van der Waals surface area (Å²) in [5, 5.41) is 10.5. The molecule has 170 valence electrons. The Morgan fingerprint density at radius 1 is 1.06 bits per heavy atom. The molecule has 9 heteroatoms. The van der Waals surface area contributed by atoms with E-state index in [9.17, 15) is 18.3 Å². The van der Waals surface area contributed by atoms with Crippen LogP contribution in [0.15, 0.2) is 36.4 Å². The fraction of sp³-hybridized carbons (Fsp3) is 0.409. The van der Waals surface area contributed by atoms with E-state index in [-0.39, 0.29) is 18.0 Å². The molecule has 0 unspecified atom stereocenters. The number of phenols is 1. The first-order chi connectivity index (χ1) is 14.7. The standard InChI is InChI=1S/C22H31N3O5S/c1-6-24(7-2)22(27)30-21-12-9-16(4)13-18(21)14-17-10-11-19(20(26)15-17)25(8-3)31(28,29)23-5/h9-13,15,23,26H,6-8,14H2,1-5H3. The minimum absolute atomic E-state index is 0.146. The predicted molar refractivity (Wildman–Crippen MR) is 122 cm³/mol. The lowest BCUT2D eigenvalue weighted by molar-refractivity contribution is 0.157. The number of anilines is 1. The van der Waals surface area contributed by atoms with Crippen molar-refractivity contribution >= 4 is 22.0 Å². The van der Waals surface area contributed by atoms with Crippen LogP contribution in [-0.4, -0.2) is 51.2 Å². The van der Waals surface area contributed by atoms with Gasteiger partial charge in [0.1, 0.15) is 11.5 Å². The van der Waals surface area contributed by atoms with Gasteiger partial charge in [0.25, 0.3) is 0 Å². The van der Waals surface area contributed by atoms with E-state index >= 15 is 0 Å². The molecule has 31 heavy (non-hydrogen) atoms. The van der Waals surface area contributed by atoms with Crippen LogP contribution in [0.5, 0.6) is 11.5 Å². The molecule has 0 atom stereocenters. The summed E-state index contributed by atoms with van der Waals surface area (Å²) in [4.78, 5) is 14.0.